The highest BCUT2D eigenvalue weighted by Gasteiger charge is 2.32. The number of rotatable bonds is 11. The Morgan fingerprint density at radius 3 is 2.14 bits per heavy atom. The van der Waals surface area contributed by atoms with Crippen LogP contribution in [0.3, 0.4) is 0 Å². The molecule has 0 saturated heterocycles. The number of nitrogens with zero attached hydrogens (tertiary/aromatic N) is 1. The first-order valence-electron chi connectivity index (χ1n) is 11.5. The Morgan fingerprint density at radius 2 is 1.62 bits per heavy atom. The van der Waals surface area contributed by atoms with Gasteiger partial charge in [0.1, 0.15) is 18.0 Å². The Bertz CT molecular complexity index is 1100. The van der Waals surface area contributed by atoms with E-state index < -0.39 is 47.6 Å². The molecule has 3 atom stereocenters. The quantitative estimate of drug-likeness (QED) is 0.289. The predicted octanol–water partition coefficient (Wildman–Crippen LogP) is 5.28. The molecule has 0 unspecified atom stereocenters. The van der Waals surface area contributed by atoms with Gasteiger partial charge in [-0.1, -0.05) is 20.8 Å². The number of Topliss-reactive ketones (excluding diaryl/α,β-unsaturated/α-hetero) is 1. The van der Waals surface area contributed by atoms with Crippen molar-refractivity contribution in [1.82, 2.24) is 4.98 Å². The fourth-order valence-corrected chi connectivity index (χ4v) is 3.51. The lowest BCUT2D eigenvalue weighted by molar-refractivity contribution is -0.158. The number of hydrogen-bond acceptors (Lipinski definition) is 8. The summed E-state index contributed by atoms with van der Waals surface area (Å²) in [4.78, 5) is 41.1. The Morgan fingerprint density at radius 1 is 1.00 bits per heavy atom. The SMILES string of the molecule is COc1ccnc(C(=O)C[C@@H](C)C(=O)O[C@@H](C)[C@H](Oc2ccc(C(F)(F)F)cc2)C(C)C)c1OC(C)=O. The topological polar surface area (TPSA) is 101 Å². The van der Waals surface area contributed by atoms with Gasteiger partial charge < -0.3 is 18.9 Å². The maximum atomic E-state index is 12.9. The molecule has 2 rings (SSSR count). The molecule has 0 aliphatic rings. The zero-order valence-corrected chi connectivity index (χ0v) is 21.4. The fourth-order valence-electron chi connectivity index (χ4n) is 3.51. The minimum atomic E-state index is -4.47. The van der Waals surface area contributed by atoms with Gasteiger partial charge in [-0.15, -0.1) is 0 Å². The second-order valence-corrected chi connectivity index (χ2v) is 8.80. The largest absolute Gasteiger partial charge is 0.493 e. The van der Waals surface area contributed by atoms with Crippen molar-refractivity contribution in [3.8, 4) is 17.2 Å². The summed E-state index contributed by atoms with van der Waals surface area (Å²) < 4.78 is 60.0. The Kier molecular flexibility index (Phi) is 10.0. The average Bonchev–Trinajstić information content (AvgIpc) is 2.81. The molecular weight excluding hydrogens is 495 g/mol. The van der Waals surface area contributed by atoms with E-state index in [1.54, 1.807) is 6.92 Å². The summed E-state index contributed by atoms with van der Waals surface area (Å²) in [6.45, 7) is 7.90. The van der Waals surface area contributed by atoms with E-state index in [1.807, 2.05) is 13.8 Å². The number of halogens is 3. The van der Waals surface area contributed by atoms with Crippen LogP contribution < -0.4 is 14.2 Å². The van der Waals surface area contributed by atoms with Gasteiger partial charge >= 0.3 is 18.1 Å². The van der Waals surface area contributed by atoms with Crippen LogP contribution in [0.15, 0.2) is 36.5 Å². The molecule has 0 saturated carbocycles. The molecule has 8 nitrogen and oxygen atoms in total. The summed E-state index contributed by atoms with van der Waals surface area (Å²) in [7, 11) is 1.34. The van der Waals surface area contributed by atoms with Crippen LogP contribution >= 0.6 is 0 Å². The summed E-state index contributed by atoms with van der Waals surface area (Å²) >= 11 is 0. The van der Waals surface area contributed by atoms with E-state index in [-0.39, 0.29) is 35.3 Å². The van der Waals surface area contributed by atoms with Gasteiger partial charge in [0.15, 0.2) is 17.2 Å². The number of carbonyl (C=O) groups excluding carboxylic acids is 3. The van der Waals surface area contributed by atoms with E-state index in [0.29, 0.717) is 0 Å². The summed E-state index contributed by atoms with van der Waals surface area (Å²) in [6.07, 6.45) is -4.88. The first kappa shape index (κ1) is 29.6. The highest BCUT2D eigenvalue weighted by atomic mass is 19.4. The molecule has 2 aromatic rings. The minimum Gasteiger partial charge on any atom is -0.493 e. The predicted molar refractivity (Wildman–Crippen MR) is 126 cm³/mol. The highest BCUT2D eigenvalue weighted by Crippen LogP contribution is 2.32. The number of benzene rings is 1. The maximum absolute atomic E-state index is 12.9. The zero-order valence-electron chi connectivity index (χ0n) is 21.4. The van der Waals surface area contributed by atoms with Crippen molar-refractivity contribution in [2.45, 2.75) is 59.4 Å². The normalized spacial score (nSPS) is 13.9. The van der Waals surface area contributed by atoms with Gasteiger partial charge in [0.25, 0.3) is 0 Å². The van der Waals surface area contributed by atoms with Crippen LogP contribution in [-0.2, 0) is 20.5 Å². The third kappa shape index (κ3) is 8.19. The number of aromatic nitrogens is 1. The van der Waals surface area contributed by atoms with Gasteiger partial charge in [0, 0.05) is 25.6 Å². The summed E-state index contributed by atoms with van der Waals surface area (Å²) in [5, 5.41) is 0. The second-order valence-electron chi connectivity index (χ2n) is 8.80. The number of ketones is 1. The van der Waals surface area contributed by atoms with Crippen molar-refractivity contribution in [2.75, 3.05) is 7.11 Å². The van der Waals surface area contributed by atoms with Gasteiger partial charge in [-0.05, 0) is 37.1 Å². The van der Waals surface area contributed by atoms with Crippen molar-refractivity contribution < 1.29 is 46.5 Å². The summed E-state index contributed by atoms with van der Waals surface area (Å²) in [6, 6.07) is 5.66. The van der Waals surface area contributed by atoms with E-state index >= 15 is 0 Å². The molecule has 1 aromatic carbocycles. The van der Waals surface area contributed by atoms with Crippen molar-refractivity contribution >= 4 is 17.7 Å². The first-order valence-corrected chi connectivity index (χ1v) is 11.5. The summed E-state index contributed by atoms with van der Waals surface area (Å²) in [5.74, 6) is -2.76. The van der Waals surface area contributed by atoms with Gasteiger partial charge in [-0.2, -0.15) is 13.2 Å². The van der Waals surface area contributed by atoms with Crippen LogP contribution in [-0.4, -0.2) is 42.0 Å². The average molecular weight is 526 g/mol. The lowest BCUT2D eigenvalue weighted by Crippen LogP contribution is -2.38. The van der Waals surface area contributed by atoms with Crippen LogP contribution in [0.5, 0.6) is 17.2 Å². The molecular formula is C26H30F3NO7. The molecule has 0 N–H and O–H groups in total. The van der Waals surface area contributed by atoms with Crippen molar-refractivity contribution in [2.24, 2.45) is 11.8 Å². The number of pyridine rings is 1. The smallest absolute Gasteiger partial charge is 0.416 e. The molecule has 0 fully saturated rings. The fraction of sp³-hybridized carbons (Fsp3) is 0.462. The number of carbonyl (C=O) groups is 3. The number of hydrogen-bond donors (Lipinski definition) is 0. The molecule has 0 radical (unpaired) electrons. The standard InChI is InChI=1S/C26H30F3NO7/c1-14(2)23(37-19-9-7-18(8-10-19)26(27,28)29)16(4)35-25(33)15(3)13-20(32)22-24(36-17(5)31)21(34-6)11-12-30-22/h7-12,14-16,23H,13H2,1-6H3/t15-,16+,23-/m1/s1. The van der Waals surface area contributed by atoms with Gasteiger partial charge in [0.2, 0.25) is 5.75 Å². The van der Waals surface area contributed by atoms with Gasteiger partial charge in [-0.3, -0.25) is 14.4 Å². The lowest BCUT2D eigenvalue weighted by atomic mass is 10.0. The van der Waals surface area contributed by atoms with Crippen molar-refractivity contribution in [3.63, 3.8) is 0 Å². The number of methoxy groups -OCH3 is 1. The lowest BCUT2D eigenvalue weighted by Gasteiger charge is -2.29. The van der Waals surface area contributed by atoms with E-state index in [2.05, 4.69) is 4.98 Å². The van der Waals surface area contributed by atoms with E-state index in [9.17, 15) is 27.6 Å². The monoisotopic (exact) mass is 525 g/mol. The third-order valence-electron chi connectivity index (χ3n) is 5.37. The minimum absolute atomic E-state index is 0.137. The second kappa shape index (κ2) is 12.6. The molecule has 0 bridgehead atoms. The Labute approximate surface area is 213 Å². The molecule has 0 aliphatic heterocycles. The van der Waals surface area contributed by atoms with E-state index in [0.717, 1.165) is 12.1 Å². The van der Waals surface area contributed by atoms with Crippen molar-refractivity contribution in [3.05, 3.63) is 47.8 Å². The molecule has 0 aliphatic carbocycles. The van der Waals surface area contributed by atoms with E-state index in [4.69, 9.17) is 18.9 Å². The number of alkyl halides is 3. The Hall–Kier alpha value is -3.63. The molecule has 37 heavy (non-hydrogen) atoms. The highest BCUT2D eigenvalue weighted by molar-refractivity contribution is 5.99. The summed E-state index contributed by atoms with van der Waals surface area (Å²) in [5.41, 5.74) is -0.964. The van der Waals surface area contributed by atoms with Gasteiger partial charge in [-0.25, -0.2) is 4.98 Å². The molecule has 202 valence electrons. The van der Waals surface area contributed by atoms with Crippen molar-refractivity contribution in [1.29, 1.82) is 0 Å². The molecule has 0 spiro atoms. The van der Waals surface area contributed by atoms with E-state index in [1.165, 1.54) is 45.4 Å². The van der Waals surface area contributed by atoms with Crippen LogP contribution in [0, 0.1) is 11.8 Å². The maximum Gasteiger partial charge on any atom is 0.416 e. The van der Waals surface area contributed by atoms with Crippen LogP contribution in [0.25, 0.3) is 0 Å². The zero-order chi connectivity index (χ0) is 27.9. The molecule has 1 aromatic heterocycles. The van der Waals surface area contributed by atoms with Gasteiger partial charge in [0.05, 0.1) is 18.6 Å². The molecule has 11 heteroatoms. The number of esters is 2. The van der Waals surface area contributed by atoms with Crippen LogP contribution in [0.1, 0.15) is 57.1 Å². The first-order chi connectivity index (χ1) is 17.2. The Balaban J connectivity index is 2.08. The number of ether oxygens (including phenoxy) is 4. The molecule has 0 amide bonds. The van der Waals surface area contributed by atoms with Crippen LogP contribution in [0.4, 0.5) is 13.2 Å². The molecule has 1 heterocycles. The third-order valence-corrected chi connectivity index (χ3v) is 5.37. The van der Waals surface area contributed by atoms with Crippen LogP contribution in [0.2, 0.25) is 0 Å².